The largest absolute Gasteiger partial charge is 0.459 e. The molecule has 0 spiro atoms. The smallest absolute Gasteiger partial charge is 0.293 e. The molecule has 6 heteroatoms. The SMILES string of the molecule is O=C(NCCCN(C(=O)c1ccco1)c1ccc(Oc2ccccc2)cc1)C1CCCC1. The highest BCUT2D eigenvalue weighted by Crippen LogP contribution is 2.26. The lowest BCUT2D eigenvalue weighted by Crippen LogP contribution is -2.35. The van der Waals surface area contributed by atoms with E-state index in [0.717, 1.165) is 37.1 Å². The molecule has 2 aromatic carbocycles. The molecule has 3 aromatic rings. The van der Waals surface area contributed by atoms with Crippen molar-refractivity contribution in [3.8, 4) is 11.5 Å². The van der Waals surface area contributed by atoms with Crippen molar-refractivity contribution in [3.63, 3.8) is 0 Å². The van der Waals surface area contributed by atoms with Crippen LogP contribution in [0.1, 0.15) is 42.7 Å². The van der Waals surface area contributed by atoms with E-state index in [4.69, 9.17) is 9.15 Å². The summed E-state index contributed by atoms with van der Waals surface area (Å²) in [4.78, 5) is 27.0. The van der Waals surface area contributed by atoms with Crippen molar-refractivity contribution in [2.75, 3.05) is 18.0 Å². The maximum absolute atomic E-state index is 13.0. The van der Waals surface area contributed by atoms with Gasteiger partial charge in [-0.2, -0.15) is 0 Å². The van der Waals surface area contributed by atoms with Crippen molar-refractivity contribution < 1.29 is 18.7 Å². The van der Waals surface area contributed by atoms with E-state index < -0.39 is 0 Å². The van der Waals surface area contributed by atoms with Crippen LogP contribution in [0.5, 0.6) is 11.5 Å². The van der Waals surface area contributed by atoms with Crippen LogP contribution >= 0.6 is 0 Å². The maximum atomic E-state index is 13.0. The molecule has 0 saturated heterocycles. The number of carbonyl (C=O) groups excluding carboxylic acids is 2. The molecule has 0 atom stereocenters. The third-order valence-corrected chi connectivity index (χ3v) is 5.69. The summed E-state index contributed by atoms with van der Waals surface area (Å²) in [5.41, 5.74) is 0.744. The molecule has 1 N–H and O–H groups in total. The first kappa shape index (κ1) is 21.7. The van der Waals surface area contributed by atoms with E-state index in [-0.39, 0.29) is 23.5 Å². The van der Waals surface area contributed by atoms with E-state index in [0.29, 0.717) is 25.3 Å². The molecule has 1 aliphatic rings. The maximum Gasteiger partial charge on any atom is 0.293 e. The van der Waals surface area contributed by atoms with Crippen LogP contribution in [0.15, 0.2) is 77.4 Å². The van der Waals surface area contributed by atoms with Gasteiger partial charge in [-0.25, -0.2) is 0 Å². The Morgan fingerprint density at radius 2 is 1.66 bits per heavy atom. The fourth-order valence-corrected chi connectivity index (χ4v) is 3.98. The van der Waals surface area contributed by atoms with Gasteiger partial charge in [0.25, 0.3) is 5.91 Å². The molecule has 0 radical (unpaired) electrons. The number of hydrogen-bond donors (Lipinski definition) is 1. The van der Waals surface area contributed by atoms with Gasteiger partial charge in [-0.1, -0.05) is 31.0 Å². The first-order valence-corrected chi connectivity index (χ1v) is 11.2. The molecule has 0 aliphatic heterocycles. The number of benzene rings is 2. The summed E-state index contributed by atoms with van der Waals surface area (Å²) in [5, 5.41) is 3.02. The third kappa shape index (κ3) is 5.58. The molecule has 4 rings (SSSR count). The van der Waals surface area contributed by atoms with Crippen LogP contribution in [0.4, 0.5) is 5.69 Å². The number of amides is 2. The normalized spacial score (nSPS) is 13.6. The van der Waals surface area contributed by atoms with Crippen molar-refractivity contribution in [2.45, 2.75) is 32.1 Å². The molecule has 1 saturated carbocycles. The van der Waals surface area contributed by atoms with Crippen LogP contribution < -0.4 is 15.0 Å². The molecule has 0 unspecified atom stereocenters. The molecule has 0 bridgehead atoms. The van der Waals surface area contributed by atoms with Crippen molar-refractivity contribution in [1.29, 1.82) is 0 Å². The Balaban J connectivity index is 1.39. The Hall–Kier alpha value is -3.54. The number of anilines is 1. The summed E-state index contributed by atoms with van der Waals surface area (Å²) in [7, 11) is 0. The summed E-state index contributed by atoms with van der Waals surface area (Å²) >= 11 is 0. The molecular weight excluding hydrogens is 404 g/mol. The minimum atomic E-state index is -0.214. The van der Waals surface area contributed by atoms with Gasteiger partial charge in [-0.15, -0.1) is 0 Å². The van der Waals surface area contributed by atoms with Crippen molar-refractivity contribution >= 4 is 17.5 Å². The predicted octanol–water partition coefficient (Wildman–Crippen LogP) is 5.42. The quantitative estimate of drug-likeness (QED) is 0.459. The van der Waals surface area contributed by atoms with Crippen molar-refractivity contribution in [2.24, 2.45) is 5.92 Å². The summed E-state index contributed by atoms with van der Waals surface area (Å²) in [5.74, 6) is 1.79. The van der Waals surface area contributed by atoms with E-state index in [1.807, 2.05) is 54.6 Å². The zero-order chi connectivity index (χ0) is 22.2. The lowest BCUT2D eigenvalue weighted by molar-refractivity contribution is -0.124. The summed E-state index contributed by atoms with van der Waals surface area (Å²) < 4.78 is 11.2. The van der Waals surface area contributed by atoms with Crippen LogP contribution in [0.2, 0.25) is 0 Å². The van der Waals surface area contributed by atoms with E-state index in [1.54, 1.807) is 17.0 Å². The van der Waals surface area contributed by atoms with Crippen LogP contribution in [0, 0.1) is 5.92 Å². The second kappa shape index (κ2) is 10.7. The second-order valence-corrected chi connectivity index (χ2v) is 7.97. The Kier molecular flexibility index (Phi) is 7.23. The van der Waals surface area contributed by atoms with Gasteiger partial charge >= 0.3 is 0 Å². The highest BCUT2D eigenvalue weighted by atomic mass is 16.5. The number of hydrogen-bond acceptors (Lipinski definition) is 4. The van der Waals surface area contributed by atoms with E-state index in [2.05, 4.69) is 5.32 Å². The fraction of sp³-hybridized carbons (Fsp3) is 0.308. The molecule has 1 fully saturated rings. The first-order chi connectivity index (χ1) is 15.7. The zero-order valence-electron chi connectivity index (χ0n) is 18.0. The minimum Gasteiger partial charge on any atom is -0.459 e. The van der Waals surface area contributed by atoms with Gasteiger partial charge in [0.1, 0.15) is 11.5 Å². The number of carbonyl (C=O) groups is 2. The third-order valence-electron chi connectivity index (χ3n) is 5.69. The van der Waals surface area contributed by atoms with Crippen molar-refractivity contribution in [1.82, 2.24) is 5.32 Å². The van der Waals surface area contributed by atoms with Crippen LogP contribution in [-0.4, -0.2) is 24.9 Å². The number of nitrogens with one attached hydrogen (secondary N) is 1. The molecule has 1 aliphatic carbocycles. The monoisotopic (exact) mass is 432 g/mol. The molecular formula is C26H28N2O4. The Labute approximate surface area is 188 Å². The zero-order valence-corrected chi connectivity index (χ0v) is 18.0. The standard InChI is InChI=1S/C26H28N2O4/c29-25(20-8-4-5-9-20)27-17-7-18-28(26(30)24-12-6-19-31-24)21-13-15-23(16-14-21)32-22-10-2-1-3-11-22/h1-3,6,10-16,19-20H,4-5,7-9,17-18H2,(H,27,29). The number of ether oxygens (including phenoxy) is 1. The van der Waals surface area contributed by atoms with Crippen LogP contribution in [0.3, 0.4) is 0 Å². The predicted molar refractivity (Wildman–Crippen MR) is 123 cm³/mol. The number of nitrogens with zero attached hydrogens (tertiary/aromatic N) is 1. The molecule has 1 heterocycles. The lowest BCUT2D eigenvalue weighted by Gasteiger charge is -2.22. The highest BCUT2D eigenvalue weighted by Gasteiger charge is 2.23. The molecule has 2 amide bonds. The second-order valence-electron chi connectivity index (χ2n) is 7.97. The van der Waals surface area contributed by atoms with E-state index in [1.165, 1.54) is 6.26 Å². The van der Waals surface area contributed by atoms with E-state index in [9.17, 15) is 9.59 Å². The van der Waals surface area contributed by atoms with E-state index >= 15 is 0 Å². The molecule has 166 valence electrons. The van der Waals surface area contributed by atoms with Gasteiger partial charge in [-0.05, 0) is 67.8 Å². The lowest BCUT2D eigenvalue weighted by atomic mass is 10.1. The fourth-order valence-electron chi connectivity index (χ4n) is 3.98. The van der Waals surface area contributed by atoms with Gasteiger partial charge in [0.2, 0.25) is 5.91 Å². The summed E-state index contributed by atoms with van der Waals surface area (Å²) in [6, 6.07) is 20.3. The number of rotatable bonds is 9. The van der Waals surface area contributed by atoms with Gasteiger partial charge in [0.05, 0.1) is 6.26 Å². The summed E-state index contributed by atoms with van der Waals surface area (Å²) in [6.45, 7) is 0.996. The molecule has 32 heavy (non-hydrogen) atoms. The Morgan fingerprint density at radius 1 is 0.938 bits per heavy atom. The number of furan rings is 1. The van der Waals surface area contributed by atoms with Crippen LogP contribution in [0.25, 0.3) is 0 Å². The molecule has 6 nitrogen and oxygen atoms in total. The van der Waals surface area contributed by atoms with Gasteiger partial charge in [0.15, 0.2) is 5.76 Å². The molecule has 1 aromatic heterocycles. The number of para-hydroxylation sites is 1. The highest BCUT2D eigenvalue weighted by molar-refractivity contribution is 6.04. The average Bonchev–Trinajstić information content (AvgIpc) is 3.55. The first-order valence-electron chi connectivity index (χ1n) is 11.2. The minimum absolute atomic E-state index is 0.133. The van der Waals surface area contributed by atoms with Gasteiger partial charge in [-0.3, -0.25) is 9.59 Å². The van der Waals surface area contributed by atoms with Crippen molar-refractivity contribution in [3.05, 3.63) is 78.8 Å². The van der Waals surface area contributed by atoms with Gasteiger partial charge in [0, 0.05) is 24.7 Å². The Bertz CT molecular complexity index is 994. The topological polar surface area (TPSA) is 71.8 Å². The van der Waals surface area contributed by atoms with Crippen LogP contribution in [-0.2, 0) is 4.79 Å². The summed E-state index contributed by atoms with van der Waals surface area (Å²) in [6.07, 6.45) is 6.36. The van der Waals surface area contributed by atoms with Gasteiger partial charge < -0.3 is 19.4 Å². The average molecular weight is 433 g/mol. The Morgan fingerprint density at radius 3 is 2.34 bits per heavy atom.